The SMILES string of the molecule is CCC(C(=O)NC1CCCCC1)N(Cc1ccc(OC)cc1)C(=O)CN(c1ccccc1)S(=O)(=O)N(C)C. The highest BCUT2D eigenvalue weighted by Gasteiger charge is 2.34. The molecule has 2 aromatic rings. The molecule has 2 amide bonds. The lowest BCUT2D eigenvalue weighted by atomic mass is 9.95. The number of benzene rings is 2. The Morgan fingerprint density at radius 2 is 1.63 bits per heavy atom. The molecule has 1 N–H and O–H groups in total. The number of hydrogen-bond acceptors (Lipinski definition) is 5. The van der Waals surface area contributed by atoms with Crippen molar-refractivity contribution in [3.8, 4) is 5.75 Å². The van der Waals surface area contributed by atoms with Gasteiger partial charge in [-0.25, -0.2) is 4.31 Å². The van der Waals surface area contributed by atoms with E-state index in [-0.39, 0.29) is 18.5 Å². The van der Waals surface area contributed by atoms with Crippen molar-refractivity contribution in [2.75, 3.05) is 32.1 Å². The van der Waals surface area contributed by atoms with Gasteiger partial charge in [-0.05, 0) is 49.1 Å². The van der Waals surface area contributed by atoms with Crippen LogP contribution in [0.3, 0.4) is 0 Å². The van der Waals surface area contributed by atoms with E-state index in [2.05, 4.69) is 5.32 Å². The predicted octanol–water partition coefficient (Wildman–Crippen LogP) is 3.56. The van der Waals surface area contributed by atoms with E-state index in [9.17, 15) is 18.0 Å². The second-order valence-corrected chi connectivity index (χ2v) is 11.8. The average Bonchev–Trinajstić information content (AvgIpc) is 2.92. The smallest absolute Gasteiger partial charge is 0.304 e. The molecule has 0 heterocycles. The Bertz CT molecular complexity index is 1150. The maximum atomic E-state index is 13.9. The lowest BCUT2D eigenvalue weighted by Gasteiger charge is -2.35. The van der Waals surface area contributed by atoms with Crippen molar-refractivity contribution in [2.24, 2.45) is 0 Å². The Morgan fingerprint density at radius 1 is 1.00 bits per heavy atom. The van der Waals surface area contributed by atoms with Crippen LogP contribution in [0.1, 0.15) is 51.0 Å². The minimum absolute atomic E-state index is 0.0955. The Balaban J connectivity index is 1.93. The molecule has 0 radical (unpaired) electrons. The van der Waals surface area contributed by atoms with E-state index >= 15 is 0 Å². The summed E-state index contributed by atoms with van der Waals surface area (Å²) >= 11 is 0. The summed E-state index contributed by atoms with van der Waals surface area (Å²) in [5.41, 5.74) is 1.18. The molecule has 0 aliphatic heterocycles. The minimum Gasteiger partial charge on any atom is -0.497 e. The van der Waals surface area contributed by atoms with E-state index in [0.29, 0.717) is 17.9 Å². The van der Waals surface area contributed by atoms with Crippen molar-refractivity contribution >= 4 is 27.7 Å². The van der Waals surface area contributed by atoms with E-state index in [4.69, 9.17) is 4.74 Å². The normalized spacial score (nSPS) is 15.1. The number of ether oxygens (including phenoxy) is 1. The van der Waals surface area contributed by atoms with Crippen LogP contribution in [0, 0.1) is 0 Å². The molecule has 1 unspecified atom stereocenters. The summed E-state index contributed by atoms with van der Waals surface area (Å²) in [5.74, 6) is 0.0183. The van der Waals surface area contributed by atoms with Gasteiger partial charge >= 0.3 is 10.2 Å². The third kappa shape index (κ3) is 7.48. The van der Waals surface area contributed by atoms with Gasteiger partial charge in [0, 0.05) is 26.7 Å². The number of carbonyl (C=O) groups excluding carboxylic acids is 2. The van der Waals surface area contributed by atoms with Crippen LogP contribution in [0.25, 0.3) is 0 Å². The molecule has 1 aliphatic carbocycles. The summed E-state index contributed by atoms with van der Waals surface area (Å²) in [7, 11) is 0.460. The molecule has 208 valence electrons. The number of para-hydroxylation sites is 1. The van der Waals surface area contributed by atoms with Crippen LogP contribution in [0.5, 0.6) is 5.75 Å². The Kier molecular flexibility index (Phi) is 10.6. The van der Waals surface area contributed by atoms with Crippen molar-refractivity contribution in [3.63, 3.8) is 0 Å². The summed E-state index contributed by atoms with van der Waals surface area (Å²) in [4.78, 5) is 28.9. The molecule has 1 saturated carbocycles. The number of anilines is 1. The lowest BCUT2D eigenvalue weighted by Crippen LogP contribution is -2.54. The molecule has 0 saturated heterocycles. The van der Waals surface area contributed by atoms with Gasteiger partial charge in [0.05, 0.1) is 12.8 Å². The minimum atomic E-state index is -3.98. The van der Waals surface area contributed by atoms with Crippen LogP contribution < -0.4 is 14.4 Å². The van der Waals surface area contributed by atoms with E-state index in [1.165, 1.54) is 25.4 Å². The first-order valence-electron chi connectivity index (χ1n) is 13.1. The molecule has 3 rings (SSSR count). The Morgan fingerprint density at radius 3 is 2.18 bits per heavy atom. The molecular weight excluding hydrogens is 504 g/mol. The van der Waals surface area contributed by atoms with Gasteiger partial charge in [-0.15, -0.1) is 0 Å². The van der Waals surface area contributed by atoms with E-state index in [1.807, 2.05) is 19.1 Å². The van der Waals surface area contributed by atoms with Gasteiger partial charge in [0.15, 0.2) is 0 Å². The van der Waals surface area contributed by atoms with Crippen molar-refractivity contribution in [2.45, 2.75) is 64.1 Å². The largest absolute Gasteiger partial charge is 0.497 e. The van der Waals surface area contributed by atoms with Gasteiger partial charge in [0.1, 0.15) is 18.3 Å². The molecule has 0 bridgehead atoms. The van der Waals surface area contributed by atoms with Crippen molar-refractivity contribution in [3.05, 3.63) is 60.2 Å². The van der Waals surface area contributed by atoms with E-state index < -0.39 is 28.7 Å². The third-order valence-electron chi connectivity index (χ3n) is 6.91. The second kappa shape index (κ2) is 13.6. The molecular formula is C28H40N4O5S. The number of nitrogens with one attached hydrogen (secondary N) is 1. The number of rotatable bonds is 12. The Hall–Kier alpha value is -3.11. The second-order valence-electron chi connectivity index (χ2n) is 9.77. The fraction of sp³-hybridized carbons (Fsp3) is 0.500. The van der Waals surface area contributed by atoms with Gasteiger partial charge in [0.2, 0.25) is 11.8 Å². The van der Waals surface area contributed by atoms with Gasteiger partial charge in [-0.2, -0.15) is 12.7 Å². The highest BCUT2D eigenvalue weighted by Crippen LogP contribution is 2.23. The summed E-state index contributed by atoms with van der Waals surface area (Å²) in [5, 5.41) is 3.15. The molecule has 0 spiro atoms. The van der Waals surface area contributed by atoms with Crippen LogP contribution in [0.15, 0.2) is 54.6 Å². The van der Waals surface area contributed by atoms with Gasteiger partial charge < -0.3 is 15.0 Å². The fourth-order valence-electron chi connectivity index (χ4n) is 4.70. The number of nitrogens with zero attached hydrogens (tertiary/aromatic N) is 3. The van der Waals surface area contributed by atoms with Crippen LogP contribution in [0.2, 0.25) is 0 Å². The van der Waals surface area contributed by atoms with Crippen LogP contribution in [-0.4, -0.2) is 69.3 Å². The topological polar surface area (TPSA) is 99.3 Å². The Labute approximate surface area is 226 Å². The molecule has 1 atom stereocenters. The number of hydrogen-bond donors (Lipinski definition) is 1. The van der Waals surface area contributed by atoms with Gasteiger partial charge in [-0.3, -0.25) is 9.59 Å². The molecule has 1 aliphatic rings. The number of carbonyl (C=O) groups is 2. The summed E-state index contributed by atoms with van der Waals surface area (Å²) in [6.07, 6.45) is 5.57. The molecule has 9 nitrogen and oxygen atoms in total. The fourth-order valence-corrected chi connectivity index (χ4v) is 5.76. The first-order chi connectivity index (χ1) is 18.2. The maximum absolute atomic E-state index is 13.9. The highest BCUT2D eigenvalue weighted by atomic mass is 32.2. The van der Waals surface area contributed by atoms with Crippen molar-refractivity contribution < 1.29 is 22.7 Å². The van der Waals surface area contributed by atoms with Crippen LogP contribution >= 0.6 is 0 Å². The third-order valence-corrected chi connectivity index (χ3v) is 8.73. The zero-order valence-electron chi connectivity index (χ0n) is 22.8. The number of methoxy groups -OCH3 is 1. The highest BCUT2D eigenvalue weighted by molar-refractivity contribution is 7.90. The number of amides is 2. The maximum Gasteiger partial charge on any atom is 0.304 e. The first-order valence-corrected chi connectivity index (χ1v) is 14.5. The quantitative estimate of drug-likeness (QED) is 0.441. The average molecular weight is 545 g/mol. The van der Waals surface area contributed by atoms with Crippen molar-refractivity contribution in [1.29, 1.82) is 0 Å². The molecule has 1 fully saturated rings. The monoisotopic (exact) mass is 544 g/mol. The summed E-state index contributed by atoms with van der Waals surface area (Å²) in [6.45, 7) is 1.59. The summed E-state index contributed by atoms with van der Waals surface area (Å²) in [6, 6.07) is 15.2. The summed E-state index contributed by atoms with van der Waals surface area (Å²) < 4.78 is 33.9. The van der Waals surface area contributed by atoms with Crippen molar-refractivity contribution in [1.82, 2.24) is 14.5 Å². The zero-order chi connectivity index (χ0) is 27.7. The van der Waals surface area contributed by atoms with Gasteiger partial charge in [-0.1, -0.05) is 56.5 Å². The molecule has 2 aromatic carbocycles. The van der Waals surface area contributed by atoms with E-state index in [1.54, 1.807) is 49.6 Å². The van der Waals surface area contributed by atoms with E-state index in [0.717, 1.165) is 39.9 Å². The lowest BCUT2D eigenvalue weighted by molar-refractivity contribution is -0.140. The zero-order valence-corrected chi connectivity index (χ0v) is 23.6. The standard InChI is InChI=1S/C28H40N4O5S/c1-5-26(28(34)29-23-12-8-6-9-13-23)31(20-22-16-18-25(37-4)19-17-22)27(33)21-32(38(35,36)30(2)3)24-14-10-7-11-15-24/h7,10-11,14-19,23,26H,5-6,8-9,12-13,20-21H2,1-4H3,(H,29,34). The molecule has 10 heteroatoms. The van der Waals surface area contributed by atoms with Gasteiger partial charge in [0.25, 0.3) is 0 Å². The molecule has 0 aromatic heterocycles. The van der Waals surface area contributed by atoms with Crippen LogP contribution in [0.4, 0.5) is 5.69 Å². The molecule has 38 heavy (non-hydrogen) atoms. The predicted molar refractivity (Wildman–Crippen MR) is 149 cm³/mol. The van der Waals surface area contributed by atoms with Crippen LogP contribution in [-0.2, 0) is 26.3 Å². The first kappa shape index (κ1) is 29.4.